The lowest BCUT2D eigenvalue weighted by molar-refractivity contribution is -0.123. The summed E-state index contributed by atoms with van der Waals surface area (Å²) in [6, 6.07) is 4.64. The fourth-order valence-corrected chi connectivity index (χ4v) is 3.16. The molecule has 0 aliphatic heterocycles. The number of amides is 1. The van der Waals surface area contributed by atoms with E-state index in [9.17, 15) is 17.6 Å². The highest BCUT2D eigenvalue weighted by atomic mass is 35.5. The van der Waals surface area contributed by atoms with E-state index < -0.39 is 27.2 Å². The van der Waals surface area contributed by atoms with Crippen molar-refractivity contribution in [2.45, 2.75) is 5.13 Å². The first-order chi connectivity index (χ1) is 12.0. The summed E-state index contributed by atoms with van der Waals surface area (Å²) in [5, 5.41) is -1.94. The van der Waals surface area contributed by atoms with E-state index in [2.05, 4.69) is 0 Å². The minimum Gasteiger partial charge on any atom is -0.489 e. The third-order valence-electron chi connectivity index (χ3n) is 3.38. The van der Waals surface area contributed by atoms with Gasteiger partial charge in [-0.05, 0) is 23.8 Å². The van der Waals surface area contributed by atoms with Crippen molar-refractivity contribution in [2.75, 3.05) is 13.7 Å². The number of halogens is 4. The lowest BCUT2D eigenvalue weighted by atomic mass is 9.94. The molecule has 0 saturated heterocycles. The van der Waals surface area contributed by atoms with Gasteiger partial charge in [0.1, 0.15) is 18.3 Å². The van der Waals surface area contributed by atoms with Crippen molar-refractivity contribution in [3.05, 3.63) is 52.0 Å². The zero-order chi connectivity index (χ0) is 19.5. The Bertz CT molecular complexity index is 872. The average Bonchev–Trinajstić information content (AvgIpc) is 2.54. The Kier molecular flexibility index (Phi) is 6.57. The maximum Gasteiger partial charge on any atom is 0.301 e. The highest BCUT2D eigenvalue weighted by Crippen LogP contribution is 2.35. The molecule has 1 aliphatic rings. The molecule has 0 bridgehead atoms. The maximum atomic E-state index is 14.6. The Morgan fingerprint density at radius 2 is 2.04 bits per heavy atom. The Labute approximate surface area is 165 Å². The van der Waals surface area contributed by atoms with Crippen LogP contribution in [0.2, 0.25) is 10.0 Å². The van der Waals surface area contributed by atoms with E-state index in [-0.39, 0.29) is 6.61 Å². The summed E-state index contributed by atoms with van der Waals surface area (Å²) in [5.74, 6) is -2.22. The molecule has 0 fully saturated rings. The summed E-state index contributed by atoms with van der Waals surface area (Å²) in [6.07, 6.45) is 3.58. The van der Waals surface area contributed by atoms with Crippen molar-refractivity contribution in [3.63, 3.8) is 0 Å². The zero-order valence-corrected chi connectivity index (χ0v) is 16.4. The van der Waals surface area contributed by atoms with Gasteiger partial charge in [0.15, 0.2) is 0 Å². The first-order valence-electron chi connectivity index (χ1n) is 7.15. The summed E-state index contributed by atoms with van der Waals surface area (Å²) in [4.78, 5) is 12.0. The van der Waals surface area contributed by atoms with Gasteiger partial charge < -0.3 is 4.74 Å². The molecule has 1 aliphatic carbocycles. The number of carbonyl (C=O) groups excluding carboxylic acids is 1. The second-order valence-electron chi connectivity index (χ2n) is 5.27. The predicted molar refractivity (Wildman–Crippen MR) is 98.5 cm³/mol. The SMILES string of the molecule is CNS(=O)(=O)NC(=O)C1C=CC(COc2ccc(Cl)c(Cl)c2)=CC1(F)Cl. The standard InChI is InChI=1S/C15H14Cl3FN2O4S/c1-20-26(23,24)21-14(22)11-4-2-9(7-15(11,18)19)8-25-10-3-5-12(16)13(17)6-10/h2-7,11,20H,8H2,1H3,(H,21,22). The Morgan fingerprint density at radius 3 is 2.62 bits per heavy atom. The number of hydrogen-bond donors (Lipinski definition) is 2. The summed E-state index contributed by atoms with van der Waals surface area (Å²) in [7, 11) is -2.96. The Hall–Kier alpha value is -1.32. The lowest BCUT2D eigenvalue weighted by Gasteiger charge is -2.26. The van der Waals surface area contributed by atoms with Crippen LogP contribution in [0.4, 0.5) is 4.39 Å². The number of ether oxygens (including phenoxy) is 1. The van der Waals surface area contributed by atoms with Crippen LogP contribution in [0.1, 0.15) is 0 Å². The largest absolute Gasteiger partial charge is 0.489 e. The normalized spacial score (nSPS) is 22.7. The lowest BCUT2D eigenvalue weighted by Crippen LogP contribution is -2.46. The van der Waals surface area contributed by atoms with Crippen LogP contribution in [0.5, 0.6) is 5.75 Å². The first-order valence-corrected chi connectivity index (χ1v) is 9.76. The molecule has 0 saturated carbocycles. The van der Waals surface area contributed by atoms with E-state index in [0.717, 1.165) is 13.1 Å². The monoisotopic (exact) mass is 442 g/mol. The number of rotatable bonds is 6. The molecule has 11 heteroatoms. The fourth-order valence-electron chi connectivity index (χ4n) is 2.07. The molecule has 2 N–H and O–H groups in total. The predicted octanol–water partition coefficient (Wildman–Crippen LogP) is 2.97. The Balaban J connectivity index is 2.06. The van der Waals surface area contributed by atoms with Gasteiger partial charge in [0.2, 0.25) is 11.0 Å². The van der Waals surface area contributed by atoms with E-state index >= 15 is 0 Å². The summed E-state index contributed by atoms with van der Waals surface area (Å²) >= 11 is 17.4. The van der Waals surface area contributed by atoms with Gasteiger partial charge in [-0.2, -0.15) is 8.42 Å². The molecular weight excluding hydrogens is 430 g/mol. The highest BCUT2D eigenvalue weighted by molar-refractivity contribution is 7.88. The van der Waals surface area contributed by atoms with Gasteiger partial charge in [-0.25, -0.2) is 13.8 Å². The van der Waals surface area contributed by atoms with Gasteiger partial charge >= 0.3 is 10.2 Å². The number of benzene rings is 1. The van der Waals surface area contributed by atoms with Gasteiger partial charge in [0.25, 0.3) is 0 Å². The molecule has 2 atom stereocenters. The quantitative estimate of drug-likeness (QED) is 0.662. The van der Waals surface area contributed by atoms with Crippen LogP contribution in [0, 0.1) is 5.92 Å². The molecule has 142 valence electrons. The second-order valence-corrected chi connectivity index (χ2v) is 8.28. The molecule has 6 nitrogen and oxygen atoms in total. The van der Waals surface area contributed by atoms with Gasteiger partial charge in [-0.15, -0.1) is 0 Å². The van der Waals surface area contributed by atoms with Crippen molar-refractivity contribution in [1.29, 1.82) is 0 Å². The van der Waals surface area contributed by atoms with Gasteiger partial charge in [0, 0.05) is 13.1 Å². The minimum atomic E-state index is -4.06. The molecule has 26 heavy (non-hydrogen) atoms. The van der Waals surface area contributed by atoms with Crippen LogP contribution in [-0.4, -0.2) is 33.1 Å². The summed E-state index contributed by atoms with van der Waals surface area (Å²) in [5.41, 5.74) is 0.356. The molecule has 1 amide bonds. The van der Waals surface area contributed by atoms with Crippen LogP contribution >= 0.6 is 34.8 Å². The number of alkyl halides is 2. The van der Waals surface area contributed by atoms with Crippen LogP contribution in [0.15, 0.2) is 42.0 Å². The topological polar surface area (TPSA) is 84.5 Å². The molecule has 0 spiro atoms. The van der Waals surface area contributed by atoms with Crippen LogP contribution in [0.25, 0.3) is 0 Å². The van der Waals surface area contributed by atoms with Crippen molar-refractivity contribution in [1.82, 2.24) is 9.44 Å². The zero-order valence-electron chi connectivity index (χ0n) is 13.3. The number of allylic oxidation sites excluding steroid dienone is 1. The number of carbonyl (C=O) groups is 1. The fraction of sp³-hybridized carbons (Fsp3) is 0.267. The summed E-state index contributed by atoms with van der Waals surface area (Å²) < 4.78 is 46.4. The van der Waals surface area contributed by atoms with Gasteiger partial charge in [0.05, 0.1) is 10.0 Å². The van der Waals surface area contributed by atoms with Gasteiger partial charge in [-0.3, -0.25) is 4.79 Å². The maximum absolute atomic E-state index is 14.6. The second kappa shape index (κ2) is 8.14. The van der Waals surface area contributed by atoms with Crippen LogP contribution < -0.4 is 14.2 Å². The van der Waals surface area contributed by atoms with Crippen molar-refractivity contribution in [3.8, 4) is 5.75 Å². The highest BCUT2D eigenvalue weighted by Gasteiger charge is 2.41. The van der Waals surface area contributed by atoms with Gasteiger partial charge in [-0.1, -0.05) is 47.0 Å². The first kappa shape index (κ1) is 21.0. The number of nitrogens with one attached hydrogen (secondary N) is 2. The summed E-state index contributed by atoms with van der Waals surface area (Å²) in [6.45, 7) is -0.0456. The van der Waals surface area contributed by atoms with E-state index in [4.69, 9.17) is 39.5 Å². The molecule has 0 aromatic heterocycles. The molecule has 1 aromatic rings. The minimum absolute atomic E-state index is 0.0456. The van der Waals surface area contributed by atoms with E-state index in [1.54, 1.807) is 16.9 Å². The van der Waals surface area contributed by atoms with Crippen molar-refractivity contribution in [2.24, 2.45) is 5.92 Å². The molecule has 0 radical (unpaired) electrons. The van der Waals surface area contributed by atoms with E-state index in [0.29, 0.717) is 21.4 Å². The molecule has 0 heterocycles. The molecular formula is C15H14Cl3FN2O4S. The molecule has 1 aromatic carbocycles. The number of hydrogen-bond acceptors (Lipinski definition) is 4. The van der Waals surface area contributed by atoms with Crippen LogP contribution in [0.3, 0.4) is 0 Å². The Morgan fingerprint density at radius 1 is 1.35 bits per heavy atom. The van der Waals surface area contributed by atoms with E-state index in [1.807, 2.05) is 4.72 Å². The third kappa shape index (κ3) is 5.34. The third-order valence-corrected chi connectivity index (χ3v) is 5.47. The average molecular weight is 444 g/mol. The van der Waals surface area contributed by atoms with E-state index in [1.165, 1.54) is 18.2 Å². The van der Waals surface area contributed by atoms with Crippen LogP contribution in [-0.2, 0) is 15.0 Å². The molecule has 2 rings (SSSR count). The van der Waals surface area contributed by atoms with Crippen molar-refractivity contribution >= 4 is 50.9 Å². The van der Waals surface area contributed by atoms with Crippen molar-refractivity contribution < 1.29 is 22.3 Å². The smallest absolute Gasteiger partial charge is 0.301 e. The molecule has 2 unspecified atom stereocenters.